The molecule has 0 unspecified atom stereocenters. The number of aromatic nitrogens is 4. The number of methoxy groups -OCH3 is 1. The molecule has 5 aromatic rings. The van der Waals surface area contributed by atoms with E-state index < -0.39 is 14.0 Å². The molecule has 0 N–H and O–H groups in total. The molecule has 0 aliphatic heterocycles. The average Bonchev–Trinajstić information content (AvgIpc) is 3.69. The molecule has 51 heavy (non-hydrogen) atoms. The number of hydrogen-bond acceptors (Lipinski definition) is 12. The van der Waals surface area contributed by atoms with Crippen LogP contribution in [-0.4, -0.2) is 73.9 Å². The zero-order valence-electron chi connectivity index (χ0n) is 30.0. The summed E-state index contributed by atoms with van der Waals surface area (Å²) in [6, 6.07) is 20.7. The Bertz CT molecular complexity index is 2050. The maximum absolute atomic E-state index is 13.0. The van der Waals surface area contributed by atoms with Crippen molar-refractivity contribution in [2.24, 2.45) is 4.99 Å². The fourth-order valence-corrected chi connectivity index (χ4v) is 7.58. The summed E-state index contributed by atoms with van der Waals surface area (Å²) < 4.78 is 25.8. The molecule has 2 aromatic carbocycles. The van der Waals surface area contributed by atoms with Gasteiger partial charge in [-0.1, -0.05) is 78.6 Å². The SMILES string of the molecule is CCOC(=O)c1nc(N(CCCOC)c2cc(C)c(N=c3sc4ccccc4n3COCC[Si](C)(C)C)nn2)sc1C#CCOc1ccccc1. The van der Waals surface area contributed by atoms with E-state index in [1.54, 1.807) is 25.4 Å². The van der Waals surface area contributed by atoms with E-state index in [4.69, 9.17) is 28.9 Å². The first-order valence-electron chi connectivity index (χ1n) is 16.8. The first kappa shape index (κ1) is 37.9. The average molecular weight is 745 g/mol. The molecule has 0 aliphatic rings. The standard InChI is InChI=1S/C37H44N6O5S2Si/c1-7-47-35(44)33-31(19-13-22-48-28-15-9-8-10-16-28)50-36(38-33)42(20-14-21-45-3)32-25-27(2)34(41-40-32)39-37-43(26-46-23-24-51(4,5)6)29-17-11-12-18-30(29)49-37/h8-12,15-18,25H,7,14,20-24,26H2,1-6H3. The van der Waals surface area contributed by atoms with E-state index in [1.807, 2.05) is 60.4 Å². The summed E-state index contributed by atoms with van der Waals surface area (Å²) in [5.74, 6) is 7.33. The summed E-state index contributed by atoms with van der Waals surface area (Å²) in [4.78, 5) is 25.8. The van der Waals surface area contributed by atoms with Gasteiger partial charge >= 0.3 is 5.97 Å². The summed E-state index contributed by atoms with van der Waals surface area (Å²) in [6.07, 6.45) is 0.684. The smallest absolute Gasteiger partial charge is 0.359 e. The number of para-hydroxylation sites is 2. The van der Waals surface area contributed by atoms with Crippen molar-refractivity contribution in [2.75, 3.05) is 45.0 Å². The summed E-state index contributed by atoms with van der Waals surface area (Å²) >= 11 is 2.88. The highest BCUT2D eigenvalue weighted by molar-refractivity contribution is 7.16. The number of hydrogen-bond donors (Lipinski definition) is 0. The van der Waals surface area contributed by atoms with Gasteiger partial charge in [-0.2, -0.15) is 4.99 Å². The zero-order chi connectivity index (χ0) is 36.2. The number of ether oxygens (including phenoxy) is 4. The number of nitrogens with zero attached hydrogens (tertiary/aromatic N) is 6. The van der Waals surface area contributed by atoms with Gasteiger partial charge in [0.15, 0.2) is 27.3 Å². The number of aryl methyl sites for hydroxylation is 1. The van der Waals surface area contributed by atoms with Crippen molar-refractivity contribution in [1.82, 2.24) is 19.7 Å². The molecule has 0 saturated heterocycles. The molecule has 0 aliphatic carbocycles. The lowest BCUT2D eigenvalue weighted by atomic mass is 10.3. The molecular weight excluding hydrogens is 701 g/mol. The van der Waals surface area contributed by atoms with Gasteiger partial charge < -0.3 is 23.8 Å². The van der Waals surface area contributed by atoms with Crippen molar-refractivity contribution in [1.29, 1.82) is 0 Å². The van der Waals surface area contributed by atoms with Crippen molar-refractivity contribution < 1.29 is 23.7 Å². The minimum Gasteiger partial charge on any atom is -0.481 e. The molecule has 0 fully saturated rings. The van der Waals surface area contributed by atoms with Gasteiger partial charge in [0.05, 0.1) is 16.8 Å². The van der Waals surface area contributed by atoms with Crippen molar-refractivity contribution in [3.8, 4) is 17.6 Å². The van der Waals surface area contributed by atoms with E-state index in [1.165, 1.54) is 11.3 Å². The quantitative estimate of drug-likeness (QED) is 0.0437. The molecule has 3 heterocycles. The first-order valence-corrected chi connectivity index (χ1v) is 22.2. The molecule has 0 radical (unpaired) electrons. The Kier molecular flexibility index (Phi) is 13.5. The zero-order valence-corrected chi connectivity index (χ0v) is 32.6. The van der Waals surface area contributed by atoms with Gasteiger partial charge in [-0.3, -0.25) is 4.57 Å². The lowest BCUT2D eigenvalue weighted by Crippen LogP contribution is -2.23. The van der Waals surface area contributed by atoms with Crippen LogP contribution in [0.15, 0.2) is 65.7 Å². The minimum atomic E-state index is -1.22. The summed E-state index contributed by atoms with van der Waals surface area (Å²) in [5, 5.41) is 9.73. The van der Waals surface area contributed by atoms with Gasteiger partial charge in [-0.15, -0.1) is 10.2 Å². The molecule has 0 atom stereocenters. The van der Waals surface area contributed by atoms with E-state index in [-0.39, 0.29) is 18.9 Å². The van der Waals surface area contributed by atoms with Crippen molar-refractivity contribution >= 4 is 63.7 Å². The fraction of sp³-hybridized carbons (Fsp3) is 0.378. The molecule has 0 amide bonds. The number of anilines is 2. The lowest BCUT2D eigenvalue weighted by Gasteiger charge is -2.20. The number of thiazole rings is 2. The van der Waals surface area contributed by atoms with Crippen LogP contribution in [0.25, 0.3) is 10.2 Å². The van der Waals surface area contributed by atoms with Crippen LogP contribution >= 0.6 is 22.7 Å². The van der Waals surface area contributed by atoms with Crippen molar-refractivity contribution in [3.63, 3.8) is 0 Å². The van der Waals surface area contributed by atoms with Gasteiger partial charge in [0.25, 0.3) is 0 Å². The number of esters is 1. The van der Waals surface area contributed by atoms with Crippen LogP contribution in [-0.2, 0) is 20.9 Å². The Balaban J connectivity index is 1.46. The number of carbonyl (C=O) groups is 1. The number of benzene rings is 2. The fourth-order valence-electron chi connectivity index (χ4n) is 4.84. The minimum absolute atomic E-state index is 0.150. The van der Waals surface area contributed by atoms with Crippen LogP contribution < -0.4 is 14.4 Å². The van der Waals surface area contributed by atoms with Crippen LogP contribution in [0.1, 0.15) is 34.3 Å². The van der Waals surface area contributed by atoms with Gasteiger partial charge in [-0.25, -0.2) is 9.78 Å². The second-order valence-electron chi connectivity index (χ2n) is 12.7. The molecule has 268 valence electrons. The van der Waals surface area contributed by atoms with Gasteiger partial charge in [0.2, 0.25) is 0 Å². The number of rotatable bonds is 16. The molecule has 0 bridgehead atoms. The molecular formula is C37H44N6O5S2Si. The van der Waals surface area contributed by atoms with Crippen LogP contribution in [0.2, 0.25) is 25.7 Å². The first-order chi connectivity index (χ1) is 24.7. The Morgan fingerprint density at radius 2 is 1.82 bits per heavy atom. The number of carbonyl (C=O) groups excluding carboxylic acids is 1. The molecule has 0 saturated carbocycles. The normalized spacial score (nSPS) is 11.8. The monoisotopic (exact) mass is 744 g/mol. The highest BCUT2D eigenvalue weighted by atomic mass is 32.1. The highest BCUT2D eigenvalue weighted by Crippen LogP contribution is 2.32. The number of fused-ring (bicyclic) bond motifs is 1. The van der Waals surface area contributed by atoms with Gasteiger partial charge in [-0.05, 0) is 68.1 Å². The third kappa shape index (κ3) is 10.6. The Hall–Kier alpha value is -4.39. The molecule has 14 heteroatoms. The second-order valence-corrected chi connectivity index (χ2v) is 20.4. The predicted octanol–water partition coefficient (Wildman–Crippen LogP) is 7.58. The summed E-state index contributed by atoms with van der Waals surface area (Å²) in [6.45, 7) is 13.3. The van der Waals surface area contributed by atoms with Crippen LogP contribution in [0.5, 0.6) is 5.75 Å². The predicted molar refractivity (Wildman–Crippen MR) is 206 cm³/mol. The lowest BCUT2D eigenvalue weighted by molar-refractivity contribution is 0.0520. The Labute approximate surface area is 307 Å². The van der Waals surface area contributed by atoms with Crippen LogP contribution in [0.3, 0.4) is 0 Å². The summed E-state index contributed by atoms with van der Waals surface area (Å²) in [7, 11) is 0.443. The van der Waals surface area contributed by atoms with E-state index in [9.17, 15) is 4.79 Å². The Morgan fingerprint density at radius 3 is 2.57 bits per heavy atom. The largest absolute Gasteiger partial charge is 0.481 e. The highest BCUT2D eigenvalue weighted by Gasteiger charge is 2.24. The van der Waals surface area contributed by atoms with Crippen molar-refractivity contribution in [3.05, 3.63) is 81.6 Å². The van der Waals surface area contributed by atoms with Gasteiger partial charge in [0, 0.05) is 34.9 Å². The van der Waals surface area contributed by atoms with E-state index in [2.05, 4.69) is 58.4 Å². The molecule has 5 rings (SSSR count). The third-order valence-electron chi connectivity index (χ3n) is 7.53. The van der Waals surface area contributed by atoms with Gasteiger partial charge in [0.1, 0.15) is 24.0 Å². The molecule has 11 nitrogen and oxygen atoms in total. The maximum atomic E-state index is 13.0. The molecule has 3 aromatic heterocycles. The topological polar surface area (TPSA) is 113 Å². The Morgan fingerprint density at radius 1 is 1.04 bits per heavy atom. The van der Waals surface area contributed by atoms with Crippen LogP contribution in [0, 0.1) is 18.8 Å². The maximum Gasteiger partial charge on any atom is 0.359 e. The second kappa shape index (κ2) is 18.2. The van der Waals surface area contributed by atoms with E-state index in [0.717, 1.165) is 26.6 Å². The summed E-state index contributed by atoms with van der Waals surface area (Å²) in [5.41, 5.74) is 2.05. The van der Waals surface area contributed by atoms with Crippen LogP contribution in [0.4, 0.5) is 16.8 Å². The van der Waals surface area contributed by atoms with E-state index in [0.29, 0.717) is 60.3 Å². The van der Waals surface area contributed by atoms with Crippen molar-refractivity contribution in [2.45, 2.75) is 52.7 Å². The third-order valence-corrected chi connectivity index (χ3v) is 11.3. The molecule has 0 spiro atoms. The van der Waals surface area contributed by atoms with E-state index >= 15 is 0 Å².